The van der Waals surface area contributed by atoms with Gasteiger partial charge in [0.2, 0.25) is 0 Å². The molecule has 3 aromatic rings. The molecule has 0 aliphatic heterocycles. The summed E-state index contributed by atoms with van der Waals surface area (Å²) in [5, 5.41) is 11.5. The minimum absolute atomic E-state index is 0.00193. The lowest BCUT2D eigenvalue weighted by Crippen LogP contribution is -2.45. The maximum absolute atomic E-state index is 14.8. The minimum atomic E-state index is -0.747. The largest absolute Gasteiger partial charge is 0.365 e. The van der Waals surface area contributed by atoms with Crippen LogP contribution in [0.1, 0.15) is 36.0 Å². The number of benzene rings is 1. The zero-order valence-corrected chi connectivity index (χ0v) is 16.8. The monoisotopic (exact) mass is 408 g/mol. The number of nitrogens with zero attached hydrogens (tertiary/aromatic N) is 2. The fourth-order valence-corrected chi connectivity index (χ4v) is 4.06. The summed E-state index contributed by atoms with van der Waals surface area (Å²) in [5.74, 6) is -1.02. The van der Waals surface area contributed by atoms with E-state index in [4.69, 9.17) is 5.73 Å². The lowest BCUT2D eigenvalue weighted by atomic mass is 9.90. The fourth-order valence-electron chi connectivity index (χ4n) is 4.06. The topological polar surface area (TPSA) is 105 Å². The fraction of sp³-hybridized carbons (Fsp3) is 0.318. The zero-order valence-electron chi connectivity index (χ0n) is 16.8. The van der Waals surface area contributed by atoms with E-state index < -0.39 is 11.7 Å². The van der Waals surface area contributed by atoms with Gasteiger partial charge in [0.05, 0.1) is 5.56 Å². The molecular formula is C22H25FN6O. The van der Waals surface area contributed by atoms with Gasteiger partial charge in [-0.1, -0.05) is 25.0 Å². The average Bonchev–Trinajstić information content (AvgIpc) is 2.76. The van der Waals surface area contributed by atoms with E-state index in [0.717, 1.165) is 48.2 Å². The second kappa shape index (κ2) is 8.62. The van der Waals surface area contributed by atoms with Gasteiger partial charge in [-0.3, -0.25) is 9.78 Å². The van der Waals surface area contributed by atoms with Crippen molar-refractivity contribution in [2.24, 2.45) is 5.73 Å². The predicted octanol–water partition coefficient (Wildman–Crippen LogP) is 3.55. The Morgan fingerprint density at radius 3 is 2.73 bits per heavy atom. The number of pyridine rings is 2. The number of hydrogen-bond donors (Lipinski definition) is 4. The highest BCUT2D eigenvalue weighted by Gasteiger charge is 2.26. The number of hydrogen-bond acceptors (Lipinski definition) is 6. The molecule has 1 fully saturated rings. The molecule has 0 radical (unpaired) electrons. The van der Waals surface area contributed by atoms with Crippen molar-refractivity contribution >= 4 is 34.0 Å². The zero-order chi connectivity index (χ0) is 21.1. The molecule has 0 bridgehead atoms. The SMILES string of the molecule is CNC1CCCCC1Nc1nc(Nc2cccc3cnccc23)c(C(N)=O)cc1F. The molecule has 5 N–H and O–H groups in total. The summed E-state index contributed by atoms with van der Waals surface area (Å²) in [6.07, 6.45) is 7.60. The number of carbonyl (C=O) groups excluding carboxylic acids is 1. The molecule has 4 rings (SSSR count). The Balaban J connectivity index is 1.71. The van der Waals surface area contributed by atoms with Crippen LogP contribution in [0.5, 0.6) is 0 Å². The molecule has 2 heterocycles. The molecule has 30 heavy (non-hydrogen) atoms. The van der Waals surface area contributed by atoms with Gasteiger partial charge in [0, 0.05) is 40.9 Å². The van der Waals surface area contributed by atoms with Crippen LogP contribution in [0.15, 0.2) is 42.7 Å². The maximum Gasteiger partial charge on any atom is 0.252 e. The van der Waals surface area contributed by atoms with Gasteiger partial charge in [-0.25, -0.2) is 9.37 Å². The van der Waals surface area contributed by atoms with Crippen LogP contribution < -0.4 is 21.7 Å². The predicted molar refractivity (Wildman–Crippen MR) is 116 cm³/mol. The van der Waals surface area contributed by atoms with Gasteiger partial charge in [-0.2, -0.15) is 0 Å². The average molecular weight is 408 g/mol. The van der Waals surface area contributed by atoms with Crippen LogP contribution in [0, 0.1) is 5.82 Å². The van der Waals surface area contributed by atoms with Crippen molar-refractivity contribution in [1.82, 2.24) is 15.3 Å². The lowest BCUT2D eigenvalue weighted by Gasteiger charge is -2.32. The van der Waals surface area contributed by atoms with E-state index >= 15 is 0 Å². The summed E-state index contributed by atoms with van der Waals surface area (Å²) in [6, 6.07) is 8.98. The van der Waals surface area contributed by atoms with Crippen LogP contribution in [0.25, 0.3) is 10.8 Å². The summed E-state index contributed by atoms with van der Waals surface area (Å²) >= 11 is 0. The van der Waals surface area contributed by atoms with Crippen LogP contribution in [-0.4, -0.2) is 35.0 Å². The van der Waals surface area contributed by atoms with E-state index in [-0.39, 0.29) is 29.3 Å². The van der Waals surface area contributed by atoms with Crippen molar-refractivity contribution in [1.29, 1.82) is 0 Å². The second-order valence-corrected chi connectivity index (χ2v) is 7.54. The van der Waals surface area contributed by atoms with Crippen LogP contribution >= 0.6 is 0 Å². The summed E-state index contributed by atoms with van der Waals surface area (Å²) in [7, 11) is 1.91. The number of nitrogens with two attached hydrogens (primary N) is 1. The molecule has 1 amide bonds. The number of rotatable bonds is 6. The third-order valence-electron chi connectivity index (χ3n) is 5.63. The van der Waals surface area contributed by atoms with Crippen LogP contribution in [-0.2, 0) is 0 Å². The molecule has 0 spiro atoms. The minimum Gasteiger partial charge on any atom is -0.365 e. The van der Waals surface area contributed by atoms with Crippen LogP contribution in [0.3, 0.4) is 0 Å². The highest BCUT2D eigenvalue weighted by atomic mass is 19.1. The van der Waals surface area contributed by atoms with E-state index in [1.807, 2.05) is 31.3 Å². The van der Waals surface area contributed by atoms with Crippen molar-refractivity contribution < 1.29 is 9.18 Å². The van der Waals surface area contributed by atoms with E-state index in [1.165, 1.54) is 0 Å². The van der Waals surface area contributed by atoms with Gasteiger partial charge in [-0.05, 0) is 38.1 Å². The number of aromatic nitrogens is 2. The van der Waals surface area contributed by atoms with Gasteiger partial charge in [0.15, 0.2) is 11.6 Å². The Morgan fingerprint density at radius 2 is 1.97 bits per heavy atom. The summed E-state index contributed by atoms with van der Waals surface area (Å²) in [4.78, 5) is 20.5. The Kier molecular flexibility index (Phi) is 5.76. The quantitative estimate of drug-likeness (QED) is 0.497. The molecule has 1 aliphatic carbocycles. The highest BCUT2D eigenvalue weighted by Crippen LogP contribution is 2.30. The summed E-state index contributed by atoms with van der Waals surface area (Å²) in [5.41, 5.74) is 6.23. The number of fused-ring (bicyclic) bond motifs is 1. The normalized spacial score (nSPS) is 18.9. The smallest absolute Gasteiger partial charge is 0.252 e. The lowest BCUT2D eigenvalue weighted by molar-refractivity contribution is 0.100. The third kappa shape index (κ3) is 4.04. The number of nitrogens with one attached hydrogen (secondary N) is 3. The molecule has 2 unspecified atom stereocenters. The molecule has 1 aliphatic rings. The molecule has 2 atom stereocenters. The molecule has 0 saturated heterocycles. The number of anilines is 3. The molecule has 1 aromatic carbocycles. The molecule has 8 heteroatoms. The molecule has 156 valence electrons. The number of halogens is 1. The van der Waals surface area contributed by atoms with Crippen molar-refractivity contribution in [3.63, 3.8) is 0 Å². The first-order valence-electron chi connectivity index (χ1n) is 10.1. The van der Waals surface area contributed by atoms with E-state index in [0.29, 0.717) is 0 Å². The van der Waals surface area contributed by atoms with E-state index in [1.54, 1.807) is 12.4 Å². The maximum atomic E-state index is 14.8. The van der Waals surface area contributed by atoms with Crippen molar-refractivity contribution in [2.45, 2.75) is 37.8 Å². The standard InChI is InChI=1S/C22H25FN6O/c1-25-18-6-2-3-7-19(18)28-22-16(23)11-15(20(24)30)21(29-22)27-17-8-4-5-13-12-26-10-9-14(13)17/h4-5,8-12,18-19,25H,2-3,6-7H2,1H3,(H2,24,30)(H2,27,28,29). The van der Waals surface area contributed by atoms with Gasteiger partial charge >= 0.3 is 0 Å². The van der Waals surface area contributed by atoms with E-state index in [9.17, 15) is 9.18 Å². The van der Waals surface area contributed by atoms with Gasteiger partial charge in [-0.15, -0.1) is 0 Å². The van der Waals surface area contributed by atoms with E-state index in [2.05, 4.69) is 25.9 Å². The Hall–Kier alpha value is -3.26. The Bertz CT molecular complexity index is 1070. The van der Waals surface area contributed by atoms with Crippen molar-refractivity contribution in [3.05, 3.63) is 54.1 Å². The highest BCUT2D eigenvalue weighted by molar-refractivity contribution is 6.01. The molecule has 1 saturated carbocycles. The first kappa shape index (κ1) is 20.0. The molecule has 7 nitrogen and oxygen atoms in total. The Morgan fingerprint density at radius 1 is 1.17 bits per heavy atom. The van der Waals surface area contributed by atoms with Crippen LogP contribution in [0.4, 0.5) is 21.7 Å². The van der Waals surface area contributed by atoms with Crippen molar-refractivity contribution in [2.75, 3.05) is 17.7 Å². The summed E-state index contributed by atoms with van der Waals surface area (Å²) in [6.45, 7) is 0. The van der Waals surface area contributed by atoms with Crippen molar-refractivity contribution in [3.8, 4) is 0 Å². The Labute approximate surface area is 174 Å². The second-order valence-electron chi connectivity index (χ2n) is 7.54. The van der Waals surface area contributed by atoms with Gasteiger partial charge < -0.3 is 21.7 Å². The number of amides is 1. The number of carbonyl (C=O) groups is 1. The number of primary amides is 1. The first-order chi connectivity index (χ1) is 14.6. The first-order valence-corrected chi connectivity index (χ1v) is 10.1. The van der Waals surface area contributed by atoms with Crippen LogP contribution in [0.2, 0.25) is 0 Å². The van der Waals surface area contributed by atoms with Gasteiger partial charge in [0.1, 0.15) is 5.82 Å². The van der Waals surface area contributed by atoms with Gasteiger partial charge in [0.25, 0.3) is 5.91 Å². The molecule has 2 aromatic heterocycles. The number of likely N-dealkylation sites (N-methyl/N-ethyl adjacent to an activating group) is 1. The molecular weight excluding hydrogens is 383 g/mol. The third-order valence-corrected chi connectivity index (χ3v) is 5.63. The summed E-state index contributed by atoms with van der Waals surface area (Å²) < 4.78 is 14.8.